The van der Waals surface area contributed by atoms with Gasteiger partial charge in [-0.05, 0) is 60.4 Å². The van der Waals surface area contributed by atoms with Gasteiger partial charge in [0.05, 0.1) is 11.7 Å². The van der Waals surface area contributed by atoms with E-state index in [2.05, 4.69) is 27.9 Å². The van der Waals surface area contributed by atoms with Crippen molar-refractivity contribution in [2.24, 2.45) is 0 Å². The molecule has 0 radical (unpaired) electrons. The molecule has 0 saturated heterocycles. The van der Waals surface area contributed by atoms with Crippen molar-refractivity contribution in [3.8, 4) is 0 Å². The van der Waals surface area contributed by atoms with E-state index in [0.717, 1.165) is 34.8 Å². The van der Waals surface area contributed by atoms with Crippen LogP contribution in [0, 0.1) is 3.57 Å². The van der Waals surface area contributed by atoms with Gasteiger partial charge in [-0.25, -0.2) is 0 Å². The molecule has 2 N–H and O–H groups in total. The molecule has 0 bridgehead atoms. The number of rotatable bonds is 2. The Hall–Kier alpha value is -0.620. The lowest BCUT2D eigenvalue weighted by Gasteiger charge is -2.26. The number of hydrogen-bond donors (Lipinski definition) is 2. The van der Waals surface area contributed by atoms with Crippen LogP contribution in [0.25, 0.3) is 0 Å². The van der Waals surface area contributed by atoms with Gasteiger partial charge in [0.1, 0.15) is 0 Å². The topological polar surface area (TPSA) is 49.3 Å². The first-order valence-corrected chi connectivity index (χ1v) is 6.98. The zero-order valence-electron chi connectivity index (χ0n) is 9.53. The number of halogens is 1. The van der Waals surface area contributed by atoms with Crippen LogP contribution in [0.15, 0.2) is 24.3 Å². The van der Waals surface area contributed by atoms with Gasteiger partial charge in [0.25, 0.3) is 5.91 Å². The molecule has 0 unspecified atom stereocenters. The first-order valence-electron chi connectivity index (χ1n) is 5.90. The predicted molar refractivity (Wildman–Crippen MR) is 74.9 cm³/mol. The van der Waals surface area contributed by atoms with E-state index in [4.69, 9.17) is 0 Å². The maximum Gasteiger partial charge on any atom is 0.252 e. The highest BCUT2D eigenvalue weighted by atomic mass is 127. The summed E-state index contributed by atoms with van der Waals surface area (Å²) in [6, 6.07) is 7.79. The number of benzene rings is 1. The van der Waals surface area contributed by atoms with Gasteiger partial charge in [-0.1, -0.05) is 12.1 Å². The molecule has 0 heterocycles. The summed E-state index contributed by atoms with van der Waals surface area (Å²) in [6.07, 6.45) is 3.14. The molecule has 1 aliphatic carbocycles. The highest BCUT2D eigenvalue weighted by Crippen LogP contribution is 2.19. The molecule has 3 nitrogen and oxygen atoms in total. The summed E-state index contributed by atoms with van der Waals surface area (Å²) >= 11 is 2.17. The first kappa shape index (κ1) is 12.8. The number of amides is 1. The lowest BCUT2D eigenvalue weighted by molar-refractivity contribution is 0.0867. The molecule has 1 fully saturated rings. The first-order chi connectivity index (χ1) is 8.16. The molecule has 0 atom stereocenters. The van der Waals surface area contributed by atoms with Crippen LogP contribution in [-0.2, 0) is 0 Å². The van der Waals surface area contributed by atoms with Crippen molar-refractivity contribution in [1.29, 1.82) is 0 Å². The van der Waals surface area contributed by atoms with Crippen LogP contribution in [0.1, 0.15) is 36.0 Å². The van der Waals surface area contributed by atoms with E-state index < -0.39 is 0 Å². The van der Waals surface area contributed by atoms with Gasteiger partial charge in [-0.2, -0.15) is 0 Å². The fourth-order valence-electron chi connectivity index (χ4n) is 2.13. The van der Waals surface area contributed by atoms with Gasteiger partial charge in [0.2, 0.25) is 0 Å². The van der Waals surface area contributed by atoms with E-state index >= 15 is 0 Å². The minimum Gasteiger partial charge on any atom is -0.393 e. The van der Waals surface area contributed by atoms with Crippen LogP contribution >= 0.6 is 22.6 Å². The highest BCUT2D eigenvalue weighted by molar-refractivity contribution is 14.1. The van der Waals surface area contributed by atoms with Crippen LogP contribution in [0.3, 0.4) is 0 Å². The van der Waals surface area contributed by atoms with Crippen LogP contribution in [0.2, 0.25) is 0 Å². The Kier molecular flexibility index (Phi) is 4.39. The van der Waals surface area contributed by atoms with Gasteiger partial charge in [-0.3, -0.25) is 4.79 Å². The minimum atomic E-state index is -0.181. The smallest absolute Gasteiger partial charge is 0.252 e. The third-order valence-corrected chi connectivity index (χ3v) is 4.09. The van der Waals surface area contributed by atoms with E-state index in [9.17, 15) is 9.90 Å². The summed E-state index contributed by atoms with van der Waals surface area (Å²) in [7, 11) is 0. The Labute approximate surface area is 115 Å². The number of aliphatic hydroxyl groups excluding tert-OH is 1. The number of carbonyl (C=O) groups excluding carboxylic acids is 1. The SMILES string of the molecule is O=C(NC1CCC(O)CC1)c1ccccc1I. The maximum atomic E-state index is 12.0. The zero-order chi connectivity index (χ0) is 12.3. The molecule has 1 aromatic rings. The second-order valence-corrected chi connectivity index (χ2v) is 5.62. The highest BCUT2D eigenvalue weighted by Gasteiger charge is 2.21. The minimum absolute atomic E-state index is 0.00334. The van der Waals surface area contributed by atoms with E-state index in [1.807, 2.05) is 24.3 Å². The van der Waals surface area contributed by atoms with Gasteiger partial charge in [-0.15, -0.1) is 0 Å². The monoisotopic (exact) mass is 345 g/mol. The van der Waals surface area contributed by atoms with Crippen LogP contribution in [0.5, 0.6) is 0 Å². The Morgan fingerprint density at radius 3 is 2.53 bits per heavy atom. The third-order valence-electron chi connectivity index (χ3n) is 3.15. The van der Waals surface area contributed by atoms with Crippen molar-refractivity contribution in [1.82, 2.24) is 5.32 Å². The third kappa shape index (κ3) is 3.42. The molecule has 0 aromatic heterocycles. The number of nitrogens with one attached hydrogen (secondary N) is 1. The second-order valence-electron chi connectivity index (χ2n) is 4.46. The van der Waals surface area contributed by atoms with Crippen molar-refractivity contribution in [3.63, 3.8) is 0 Å². The summed E-state index contributed by atoms with van der Waals surface area (Å²) in [6.45, 7) is 0. The summed E-state index contributed by atoms with van der Waals surface area (Å²) < 4.78 is 0.971. The zero-order valence-corrected chi connectivity index (χ0v) is 11.7. The number of carbonyl (C=O) groups is 1. The van der Waals surface area contributed by atoms with Gasteiger partial charge >= 0.3 is 0 Å². The molecule has 1 aromatic carbocycles. The molecule has 17 heavy (non-hydrogen) atoms. The van der Waals surface area contributed by atoms with Gasteiger partial charge < -0.3 is 10.4 Å². The largest absolute Gasteiger partial charge is 0.393 e. The second kappa shape index (κ2) is 5.82. The molecule has 1 aliphatic rings. The molecule has 1 amide bonds. The molecule has 4 heteroatoms. The van der Waals surface area contributed by atoms with Crippen molar-refractivity contribution >= 4 is 28.5 Å². The Morgan fingerprint density at radius 2 is 1.88 bits per heavy atom. The summed E-state index contributed by atoms with van der Waals surface area (Å²) in [5, 5.41) is 12.4. The lowest BCUT2D eigenvalue weighted by atomic mass is 9.93. The standard InChI is InChI=1S/C13H16INO2/c14-12-4-2-1-3-11(12)13(17)15-9-5-7-10(16)8-6-9/h1-4,9-10,16H,5-8H2,(H,15,17). The van der Waals surface area contributed by atoms with Gasteiger partial charge in [0.15, 0.2) is 0 Å². The average Bonchev–Trinajstić information content (AvgIpc) is 2.32. The van der Waals surface area contributed by atoms with Crippen molar-refractivity contribution in [2.75, 3.05) is 0 Å². The number of hydrogen-bond acceptors (Lipinski definition) is 2. The Balaban J connectivity index is 1.96. The van der Waals surface area contributed by atoms with Gasteiger partial charge in [0, 0.05) is 9.61 Å². The molecule has 0 spiro atoms. The Bertz CT molecular complexity index is 400. The van der Waals surface area contributed by atoms with Crippen LogP contribution in [-0.4, -0.2) is 23.2 Å². The summed E-state index contributed by atoms with van der Waals surface area (Å²) in [4.78, 5) is 12.0. The van der Waals surface area contributed by atoms with E-state index in [1.165, 1.54) is 0 Å². The van der Waals surface area contributed by atoms with E-state index in [-0.39, 0.29) is 18.1 Å². The summed E-state index contributed by atoms with van der Waals surface area (Å²) in [5.41, 5.74) is 0.735. The molecule has 2 rings (SSSR count). The normalized spacial score (nSPS) is 24.4. The Morgan fingerprint density at radius 1 is 1.24 bits per heavy atom. The van der Waals surface area contributed by atoms with Crippen LogP contribution < -0.4 is 5.32 Å². The lowest BCUT2D eigenvalue weighted by Crippen LogP contribution is -2.38. The fourth-order valence-corrected chi connectivity index (χ4v) is 2.76. The predicted octanol–water partition coefficient (Wildman–Crippen LogP) is 2.32. The average molecular weight is 345 g/mol. The van der Waals surface area contributed by atoms with E-state index in [1.54, 1.807) is 0 Å². The molecular formula is C13H16INO2. The number of aliphatic hydroxyl groups is 1. The fraction of sp³-hybridized carbons (Fsp3) is 0.462. The van der Waals surface area contributed by atoms with Crippen molar-refractivity contribution in [3.05, 3.63) is 33.4 Å². The summed E-state index contributed by atoms with van der Waals surface area (Å²) in [5.74, 6) is -0.00334. The van der Waals surface area contributed by atoms with Crippen molar-refractivity contribution < 1.29 is 9.90 Å². The quantitative estimate of drug-likeness (QED) is 0.809. The van der Waals surface area contributed by atoms with E-state index in [0.29, 0.717) is 0 Å². The van der Waals surface area contributed by atoms with Crippen LogP contribution in [0.4, 0.5) is 0 Å². The maximum absolute atomic E-state index is 12.0. The van der Waals surface area contributed by atoms with Crippen molar-refractivity contribution in [2.45, 2.75) is 37.8 Å². The molecule has 92 valence electrons. The molecule has 1 saturated carbocycles. The molecule has 0 aliphatic heterocycles. The molecular weight excluding hydrogens is 329 g/mol.